The lowest BCUT2D eigenvalue weighted by Gasteiger charge is -2.24. The zero-order chi connectivity index (χ0) is 20.8. The number of hydrogen-bond acceptors (Lipinski definition) is 6. The minimum absolute atomic E-state index is 0.0302. The van der Waals surface area contributed by atoms with Crippen LogP contribution in [0.4, 0.5) is 5.69 Å². The van der Waals surface area contributed by atoms with Crippen molar-refractivity contribution >= 4 is 29.4 Å². The van der Waals surface area contributed by atoms with Crippen LogP contribution in [0.25, 0.3) is 6.08 Å². The molecule has 1 amide bonds. The second kappa shape index (κ2) is 9.49. The smallest absolute Gasteiger partial charge is 0.237 e. The molecule has 2 heterocycles. The van der Waals surface area contributed by atoms with Crippen LogP contribution in [0, 0.1) is 0 Å². The van der Waals surface area contributed by atoms with Gasteiger partial charge in [-0.2, -0.15) is 0 Å². The number of ether oxygens (including phenoxy) is 2. The van der Waals surface area contributed by atoms with E-state index in [0.717, 1.165) is 11.3 Å². The molecule has 1 aliphatic rings. The van der Waals surface area contributed by atoms with E-state index in [9.17, 15) is 4.79 Å². The number of anilines is 1. The van der Waals surface area contributed by atoms with Gasteiger partial charge in [-0.05, 0) is 17.7 Å². The van der Waals surface area contributed by atoms with Crippen molar-refractivity contribution in [3.63, 3.8) is 0 Å². The van der Waals surface area contributed by atoms with E-state index in [4.69, 9.17) is 9.47 Å². The number of aryl methyl sites for hydroxylation is 1. The van der Waals surface area contributed by atoms with Crippen LogP contribution in [-0.2, 0) is 11.8 Å². The lowest BCUT2D eigenvalue weighted by atomic mass is 10.2. The quantitative estimate of drug-likeness (QED) is 0.544. The number of hydrogen-bond donors (Lipinski definition) is 0. The second-order valence-corrected chi connectivity index (χ2v) is 7.60. The van der Waals surface area contributed by atoms with Crippen molar-refractivity contribution < 1.29 is 14.3 Å². The van der Waals surface area contributed by atoms with Gasteiger partial charge in [0.15, 0.2) is 16.7 Å². The van der Waals surface area contributed by atoms with Crippen LogP contribution in [0.2, 0.25) is 0 Å². The van der Waals surface area contributed by atoms with Crippen LogP contribution in [0.1, 0.15) is 5.56 Å². The first kappa shape index (κ1) is 20.0. The lowest BCUT2D eigenvalue weighted by molar-refractivity contribution is -0.116. The van der Waals surface area contributed by atoms with Crippen LogP contribution >= 0.6 is 11.8 Å². The maximum Gasteiger partial charge on any atom is 0.237 e. The predicted octanol–water partition coefficient (Wildman–Crippen LogP) is 3.43. The van der Waals surface area contributed by atoms with Gasteiger partial charge in [0.1, 0.15) is 19.5 Å². The van der Waals surface area contributed by atoms with Crippen molar-refractivity contribution in [1.29, 1.82) is 0 Å². The van der Waals surface area contributed by atoms with E-state index in [-0.39, 0.29) is 11.7 Å². The Kier molecular flexibility index (Phi) is 6.34. The van der Waals surface area contributed by atoms with E-state index in [1.54, 1.807) is 15.8 Å². The third kappa shape index (κ3) is 4.83. The van der Waals surface area contributed by atoms with E-state index >= 15 is 0 Å². The van der Waals surface area contributed by atoms with Crippen molar-refractivity contribution in [3.8, 4) is 11.5 Å². The van der Waals surface area contributed by atoms with Crippen LogP contribution in [0.3, 0.4) is 0 Å². The zero-order valence-corrected chi connectivity index (χ0v) is 17.4. The number of rotatable bonds is 7. The molecule has 1 aliphatic heterocycles. The molecule has 0 radical (unpaired) electrons. The third-order valence-electron chi connectivity index (χ3n) is 4.53. The number of amides is 1. The van der Waals surface area contributed by atoms with E-state index in [2.05, 4.69) is 10.2 Å². The van der Waals surface area contributed by atoms with Gasteiger partial charge in [-0.15, -0.1) is 10.2 Å². The molecule has 30 heavy (non-hydrogen) atoms. The number of carbonyl (C=O) groups excluding carboxylic acids is 1. The van der Waals surface area contributed by atoms with Gasteiger partial charge in [0.25, 0.3) is 0 Å². The largest absolute Gasteiger partial charge is 0.486 e. The van der Waals surface area contributed by atoms with E-state index in [1.807, 2.05) is 67.7 Å². The van der Waals surface area contributed by atoms with Gasteiger partial charge >= 0.3 is 0 Å². The summed E-state index contributed by atoms with van der Waals surface area (Å²) in [5.41, 5.74) is 1.85. The van der Waals surface area contributed by atoms with Crippen molar-refractivity contribution in [1.82, 2.24) is 14.8 Å². The van der Waals surface area contributed by atoms with Crippen molar-refractivity contribution in [3.05, 3.63) is 66.5 Å². The zero-order valence-electron chi connectivity index (χ0n) is 16.6. The molecule has 0 saturated heterocycles. The molecule has 2 aromatic carbocycles. The standard InChI is InChI=1S/C22H22N4O3S/c1-25-16-23-24-22(25)30-15-21(27)26(11-5-8-17-6-3-2-4-7-17)18-9-10-19-20(14-18)29-13-12-28-19/h2-10,14,16H,11-13,15H2,1H3/b8-5+. The van der Waals surface area contributed by atoms with Gasteiger partial charge in [-0.1, -0.05) is 54.2 Å². The summed E-state index contributed by atoms with van der Waals surface area (Å²) in [6, 6.07) is 15.6. The van der Waals surface area contributed by atoms with Gasteiger partial charge in [-0.25, -0.2) is 0 Å². The van der Waals surface area contributed by atoms with Gasteiger partial charge in [0.2, 0.25) is 5.91 Å². The molecule has 3 aromatic rings. The number of aromatic nitrogens is 3. The molecule has 0 saturated carbocycles. The molecular weight excluding hydrogens is 400 g/mol. The molecule has 0 fully saturated rings. The Bertz CT molecular complexity index is 1040. The number of thioether (sulfide) groups is 1. The summed E-state index contributed by atoms with van der Waals surface area (Å²) in [5.74, 6) is 1.58. The average molecular weight is 423 g/mol. The molecule has 0 aliphatic carbocycles. The molecule has 4 rings (SSSR count). The molecule has 0 atom stereocenters. The highest BCUT2D eigenvalue weighted by Gasteiger charge is 2.19. The molecule has 0 unspecified atom stereocenters. The summed E-state index contributed by atoms with van der Waals surface area (Å²) in [6.45, 7) is 1.47. The lowest BCUT2D eigenvalue weighted by Crippen LogP contribution is -2.32. The maximum absolute atomic E-state index is 13.1. The topological polar surface area (TPSA) is 69.5 Å². The van der Waals surface area contributed by atoms with Gasteiger partial charge in [0.05, 0.1) is 5.75 Å². The molecule has 0 N–H and O–H groups in total. The fraction of sp³-hybridized carbons (Fsp3) is 0.227. The highest BCUT2D eigenvalue weighted by atomic mass is 32.2. The Morgan fingerprint density at radius 1 is 1.17 bits per heavy atom. The average Bonchev–Trinajstić information content (AvgIpc) is 3.20. The molecule has 0 spiro atoms. The van der Waals surface area contributed by atoms with Crippen molar-refractivity contribution in [2.45, 2.75) is 5.16 Å². The summed E-state index contributed by atoms with van der Waals surface area (Å²) in [5, 5.41) is 8.59. The highest BCUT2D eigenvalue weighted by Crippen LogP contribution is 2.34. The Morgan fingerprint density at radius 3 is 2.73 bits per heavy atom. The first-order valence-corrected chi connectivity index (χ1v) is 10.6. The summed E-state index contributed by atoms with van der Waals surface area (Å²) in [7, 11) is 1.86. The first-order chi connectivity index (χ1) is 14.7. The minimum atomic E-state index is -0.0302. The second-order valence-electron chi connectivity index (χ2n) is 6.66. The molecular formula is C22H22N4O3S. The number of fused-ring (bicyclic) bond motifs is 1. The van der Waals surface area contributed by atoms with Gasteiger partial charge < -0.3 is 18.9 Å². The van der Waals surface area contributed by atoms with Crippen molar-refractivity contribution in [2.75, 3.05) is 30.4 Å². The van der Waals surface area contributed by atoms with E-state index in [0.29, 0.717) is 36.4 Å². The number of carbonyl (C=O) groups is 1. The fourth-order valence-electron chi connectivity index (χ4n) is 3.02. The van der Waals surface area contributed by atoms with Gasteiger partial charge in [0, 0.05) is 25.3 Å². The van der Waals surface area contributed by atoms with E-state index in [1.165, 1.54) is 11.8 Å². The third-order valence-corrected chi connectivity index (χ3v) is 5.55. The van der Waals surface area contributed by atoms with Gasteiger partial charge in [-0.3, -0.25) is 4.79 Å². The molecule has 0 bridgehead atoms. The molecule has 154 valence electrons. The van der Waals surface area contributed by atoms with Crippen LogP contribution in [0.5, 0.6) is 11.5 Å². The summed E-state index contributed by atoms with van der Waals surface area (Å²) in [4.78, 5) is 14.8. The predicted molar refractivity (Wildman–Crippen MR) is 117 cm³/mol. The summed E-state index contributed by atoms with van der Waals surface area (Å²) < 4.78 is 13.1. The maximum atomic E-state index is 13.1. The number of nitrogens with zero attached hydrogens (tertiary/aromatic N) is 4. The Morgan fingerprint density at radius 2 is 1.97 bits per heavy atom. The fourth-order valence-corrected chi connectivity index (χ4v) is 3.78. The van der Waals surface area contributed by atoms with Crippen LogP contribution in [-0.4, -0.2) is 46.2 Å². The summed E-state index contributed by atoms with van der Waals surface area (Å²) >= 11 is 1.36. The SMILES string of the molecule is Cn1cnnc1SCC(=O)N(C/C=C/c1ccccc1)c1ccc2c(c1)OCCO2. The Hall–Kier alpha value is -3.26. The molecule has 1 aromatic heterocycles. The van der Waals surface area contributed by atoms with Crippen LogP contribution < -0.4 is 14.4 Å². The molecule has 8 heteroatoms. The Balaban J connectivity index is 1.53. The monoisotopic (exact) mass is 422 g/mol. The van der Waals surface area contributed by atoms with Crippen molar-refractivity contribution in [2.24, 2.45) is 7.05 Å². The molecule has 7 nitrogen and oxygen atoms in total. The normalized spacial score (nSPS) is 12.8. The minimum Gasteiger partial charge on any atom is -0.486 e. The highest BCUT2D eigenvalue weighted by molar-refractivity contribution is 7.99. The first-order valence-electron chi connectivity index (χ1n) is 9.59. The van der Waals surface area contributed by atoms with Crippen LogP contribution in [0.15, 0.2) is 66.1 Å². The Labute approximate surface area is 179 Å². The number of benzene rings is 2. The summed E-state index contributed by atoms with van der Waals surface area (Å²) in [6.07, 6.45) is 5.61. The van der Waals surface area contributed by atoms with E-state index < -0.39 is 0 Å².